The molecule has 0 atom stereocenters. The lowest BCUT2D eigenvalue weighted by atomic mass is 10.3. The van der Waals surface area contributed by atoms with Crippen molar-refractivity contribution in [3.8, 4) is 17.2 Å². The molecule has 19 heavy (non-hydrogen) atoms. The molecule has 2 heterocycles. The van der Waals surface area contributed by atoms with Gasteiger partial charge in [0.15, 0.2) is 5.82 Å². The predicted octanol–water partition coefficient (Wildman–Crippen LogP) is 2.46. The average molecular weight is 253 g/mol. The van der Waals surface area contributed by atoms with Gasteiger partial charge in [0, 0.05) is 12.2 Å². The Morgan fingerprint density at radius 3 is 2.68 bits per heavy atom. The number of rotatable bonds is 3. The van der Waals surface area contributed by atoms with Crippen LogP contribution in [0.15, 0.2) is 42.7 Å². The Morgan fingerprint density at radius 2 is 1.95 bits per heavy atom. The van der Waals surface area contributed by atoms with E-state index in [1.165, 1.54) is 0 Å². The Balaban J connectivity index is 2.15. The zero-order valence-electron chi connectivity index (χ0n) is 11.0. The Bertz CT molecular complexity index is 681. The van der Waals surface area contributed by atoms with Gasteiger partial charge < -0.3 is 0 Å². The number of hydrogen-bond acceptors (Lipinski definition) is 3. The second-order valence-corrected chi connectivity index (χ2v) is 4.35. The van der Waals surface area contributed by atoms with Crippen molar-refractivity contribution < 1.29 is 0 Å². The maximum absolute atomic E-state index is 4.46. The molecular formula is C14H15N5. The minimum absolute atomic E-state index is 0.810. The molecule has 0 saturated heterocycles. The van der Waals surface area contributed by atoms with Gasteiger partial charge in [-0.3, -0.25) is 9.25 Å². The summed E-state index contributed by atoms with van der Waals surface area (Å²) in [5.41, 5.74) is 3.02. The van der Waals surface area contributed by atoms with Crippen LogP contribution < -0.4 is 0 Å². The van der Waals surface area contributed by atoms with Crippen molar-refractivity contribution >= 4 is 0 Å². The Hall–Kier alpha value is -2.43. The van der Waals surface area contributed by atoms with Crippen LogP contribution in [0, 0.1) is 6.92 Å². The minimum atomic E-state index is 0.810. The van der Waals surface area contributed by atoms with Crippen molar-refractivity contribution in [2.24, 2.45) is 0 Å². The molecule has 0 amide bonds. The summed E-state index contributed by atoms with van der Waals surface area (Å²) in [6.07, 6.45) is 1.73. The zero-order chi connectivity index (χ0) is 13.2. The van der Waals surface area contributed by atoms with Crippen molar-refractivity contribution in [1.29, 1.82) is 0 Å². The molecule has 0 spiro atoms. The standard InChI is InChI=1S/C14H15N5/c1-3-19-13(9-11(2)17-19)14-16-15-10-18(14)12-7-5-4-6-8-12/h4-10H,3H2,1-2H3. The van der Waals surface area contributed by atoms with Crippen LogP contribution in [-0.4, -0.2) is 24.5 Å². The van der Waals surface area contributed by atoms with E-state index in [2.05, 4.69) is 22.2 Å². The summed E-state index contributed by atoms with van der Waals surface area (Å²) in [5.74, 6) is 0.814. The molecule has 0 saturated carbocycles. The Morgan fingerprint density at radius 1 is 1.16 bits per heavy atom. The Kier molecular flexibility index (Phi) is 2.87. The molecule has 5 nitrogen and oxygen atoms in total. The summed E-state index contributed by atoms with van der Waals surface area (Å²) in [6, 6.07) is 12.1. The summed E-state index contributed by atoms with van der Waals surface area (Å²) in [7, 11) is 0. The third-order valence-corrected chi connectivity index (χ3v) is 3.01. The van der Waals surface area contributed by atoms with E-state index in [-0.39, 0.29) is 0 Å². The van der Waals surface area contributed by atoms with E-state index < -0.39 is 0 Å². The predicted molar refractivity (Wildman–Crippen MR) is 73.0 cm³/mol. The van der Waals surface area contributed by atoms with Gasteiger partial charge in [-0.1, -0.05) is 18.2 Å². The monoisotopic (exact) mass is 253 g/mol. The van der Waals surface area contributed by atoms with Gasteiger partial charge in [-0.05, 0) is 32.0 Å². The van der Waals surface area contributed by atoms with E-state index in [0.717, 1.165) is 29.4 Å². The molecule has 5 heteroatoms. The maximum atomic E-state index is 4.46. The Labute approximate surface area is 111 Å². The van der Waals surface area contributed by atoms with Gasteiger partial charge in [-0.15, -0.1) is 10.2 Å². The van der Waals surface area contributed by atoms with E-state index >= 15 is 0 Å². The van der Waals surface area contributed by atoms with Crippen molar-refractivity contribution in [2.75, 3.05) is 0 Å². The number of benzene rings is 1. The smallest absolute Gasteiger partial charge is 0.186 e. The lowest BCUT2D eigenvalue weighted by Gasteiger charge is -2.07. The van der Waals surface area contributed by atoms with Crippen molar-refractivity contribution in [1.82, 2.24) is 24.5 Å². The quantitative estimate of drug-likeness (QED) is 0.720. The fraction of sp³-hybridized carbons (Fsp3) is 0.214. The highest BCUT2D eigenvalue weighted by Gasteiger charge is 2.14. The van der Waals surface area contributed by atoms with Crippen LogP contribution in [-0.2, 0) is 6.54 Å². The molecule has 0 aliphatic heterocycles. The van der Waals surface area contributed by atoms with E-state index in [9.17, 15) is 0 Å². The average Bonchev–Trinajstić information content (AvgIpc) is 3.05. The molecule has 0 fully saturated rings. The van der Waals surface area contributed by atoms with Crippen LogP contribution in [0.25, 0.3) is 17.2 Å². The van der Waals surface area contributed by atoms with Gasteiger partial charge >= 0.3 is 0 Å². The third kappa shape index (κ3) is 2.03. The number of hydrogen-bond donors (Lipinski definition) is 0. The fourth-order valence-electron chi connectivity index (χ4n) is 2.15. The van der Waals surface area contributed by atoms with Crippen LogP contribution in [0.5, 0.6) is 0 Å². The van der Waals surface area contributed by atoms with Crippen molar-refractivity contribution in [3.05, 3.63) is 48.4 Å². The summed E-state index contributed by atoms with van der Waals surface area (Å²) in [6.45, 7) is 4.86. The van der Waals surface area contributed by atoms with Crippen LogP contribution in [0.4, 0.5) is 0 Å². The first-order valence-electron chi connectivity index (χ1n) is 6.30. The van der Waals surface area contributed by atoms with E-state index in [1.54, 1.807) is 6.33 Å². The third-order valence-electron chi connectivity index (χ3n) is 3.01. The lowest BCUT2D eigenvalue weighted by Crippen LogP contribution is -2.03. The minimum Gasteiger partial charge on any atom is -0.280 e. The molecule has 0 N–H and O–H groups in total. The van der Waals surface area contributed by atoms with Gasteiger partial charge in [0.1, 0.15) is 12.0 Å². The van der Waals surface area contributed by atoms with Gasteiger partial charge in [0.05, 0.1) is 5.69 Å². The highest BCUT2D eigenvalue weighted by molar-refractivity contribution is 5.54. The second-order valence-electron chi connectivity index (χ2n) is 4.35. The van der Waals surface area contributed by atoms with E-state index in [0.29, 0.717) is 0 Å². The first-order chi connectivity index (χ1) is 9.29. The molecule has 0 unspecified atom stereocenters. The topological polar surface area (TPSA) is 48.5 Å². The van der Waals surface area contributed by atoms with Gasteiger partial charge in [0.25, 0.3) is 0 Å². The summed E-state index contributed by atoms with van der Waals surface area (Å²) < 4.78 is 3.92. The molecule has 2 aromatic heterocycles. The molecule has 3 rings (SSSR count). The molecule has 0 bridgehead atoms. The summed E-state index contributed by atoms with van der Waals surface area (Å²) >= 11 is 0. The van der Waals surface area contributed by atoms with E-state index in [4.69, 9.17) is 0 Å². The number of nitrogens with zero attached hydrogens (tertiary/aromatic N) is 5. The first kappa shape index (κ1) is 11.6. The van der Waals surface area contributed by atoms with Crippen molar-refractivity contribution in [3.63, 3.8) is 0 Å². The van der Waals surface area contributed by atoms with Gasteiger partial charge in [0.2, 0.25) is 0 Å². The zero-order valence-corrected chi connectivity index (χ0v) is 11.0. The number of aromatic nitrogens is 5. The van der Waals surface area contributed by atoms with Crippen molar-refractivity contribution in [2.45, 2.75) is 20.4 Å². The fourth-order valence-corrected chi connectivity index (χ4v) is 2.15. The second kappa shape index (κ2) is 4.68. The molecule has 1 aromatic carbocycles. The molecule has 0 radical (unpaired) electrons. The number of para-hydroxylation sites is 1. The SMILES string of the molecule is CCn1nc(C)cc1-c1nncn1-c1ccccc1. The lowest BCUT2D eigenvalue weighted by molar-refractivity contribution is 0.656. The van der Waals surface area contributed by atoms with E-state index in [1.807, 2.05) is 52.6 Å². The summed E-state index contributed by atoms with van der Waals surface area (Å²) in [4.78, 5) is 0. The highest BCUT2D eigenvalue weighted by Crippen LogP contribution is 2.21. The highest BCUT2D eigenvalue weighted by atomic mass is 15.3. The molecule has 0 aliphatic rings. The van der Waals surface area contributed by atoms with Gasteiger partial charge in [-0.25, -0.2) is 0 Å². The summed E-state index contributed by atoms with van der Waals surface area (Å²) in [5, 5.41) is 12.7. The molecule has 3 aromatic rings. The van der Waals surface area contributed by atoms with Gasteiger partial charge in [-0.2, -0.15) is 5.10 Å². The van der Waals surface area contributed by atoms with Crippen LogP contribution in [0.3, 0.4) is 0 Å². The largest absolute Gasteiger partial charge is 0.280 e. The first-order valence-corrected chi connectivity index (χ1v) is 6.30. The van der Waals surface area contributed by atoms with Crippen LogP contribution in [0.2, 0.25) is 0 Å². The molecule has 0 aliphatic carbocycles. The van der Waals surface area contributed by atoms with Crippen LogP contribution in [0.1, 0.15) is 12.6 Å². The normalized spacial score (nSPS) is 10.8. The molecular weight excluding hydrogens is 238 g/mol. The van der Waals surface area contributed by atoms with Crippen LogP contribution >= 0.6 is 0 Å². The maximum Gasteiger partial charge on any atom is 0.186 e. The number of aryl methyl sites for hydroxylation is 2. The molecule has 96 valence electrons.